The molecule has 0 saturated carbocycles. The summed E-state index contributed by atoms with van der Waals surface area (Å²) in [5, 5.41) is 6.60. The Morgan fingerprint density at radius 1 is 1.25 bits per heavy atom. The van der Waals surface area contributed by atoms with E-state index < -0.39 is 0 Å². The number of anilines is 1. The molecular formula is C14H17N3O2S. The Balaban J connectivity index is 2.11. The zero-order valence-electron chi connectivity index (χ0n) is 11.7. The van der Waals surface area contributed by atoms with Crippen LogP contribution in [0.15, 0.2) is 18.2 Å². The second-order valence-electron chi connectivity index (χ2n) is 5.16. The highest BCUT2D eigenvalue weighted by Gasteiger charge is 2.32. The van der Waals surface area contributed by atoms with E-state index in [9.17, 15) is 9.59 Å². The van der Waals surface area contributed by atoms with E-state index in [0.717, 1.165) is 11.4 Å². The van der Waals surface area contributed by atoms with E-state index in [0.29, 0.717) is 27.8 Å². The molecule has 1 aliphatic heterocycles. The molecule has 106 valence electrons. The Kier molecular flexibility index (Phi) is 4.04. The molecule has 2 rings (SSSR count). The Bertz CT molecular complexity index is 584. The van der Waals surface area contributed by atoms with Gasteiger partial charge in [-0.2, -0.15) is 0 Å². The first kappa shape index (κ1) is 14.5. The van der Waals surface area contributed by atoms with Gasteiger partial charge in [-0.25, -0.2) is 0 Å². The second kappa shape index (κ2) is 5.58. The van der Waals surface area contributed by atoms with Crippen LogP contribution >= 0.6 is 12.2 Å². The summed E-state index contributed by atoms with van der Waals surface area (Å²) in [7, 11) is 1.48. The molecule has 0 atom stereocenters. The molecule has 1 heterocycles. The van der Waals surface area contributed by atoms with Gasteiger partial charge in [0.05, 0.1) is 11.1 Å². The van der Waals surface area contributed by atoms with Gasteiger partial charge in [0, 0.05) is 19.3 Å². The zero-order valence-corrected chi connectivity index (χ0v) is 12.5. The zero-order chi connectivity index (χ0) is 14.9. The normalized spacial score (nSPS) is 13.7. The van der Waals surface area contributed by atoms with Gasteiger partial charge in [-0.1, -0.05) is 13.8 Å². The molecule has 0 aromatic heterocycles. The summed E-state index contributed by atoms with van der Waals surface area (Å²) in [6, 6.07) is 5.04. The molecule has 2 amide bonds. The van der Waals surface area contributed by atoms with Gasteiger partial charge in [-0.05, 0) is 36.3 Å². The van der Waals surface area contributed by atoms with Crippen molar-refractivity contribution in [3.8, 4) is 0 Å². The molecular weight excluding hydrogens is 274 g/mol. The van der Waals surface area contributed by atoms with Crippen LogP contribution in [0.3, 0.4) is 0 Å². The van der Waals surface area contributed by atoms with Crippen LogP contribution in [0, 0.1) is 5.92 Å². The van der Waals surface area contributed by atoms with Gasteiger partial charge in [0.15, 0.2) is 5.11 Å². The Labute approximate surface area is 123 Å². The molecule has 0 unspecified atom stereocenters. The number of amides is 2. The molecule has 2 N–H and O–H groups in total. The van der Waals surface area contributed by atoms with Gasteiger partial charge >= 0.3 is 0 Å². The van der Waals surface area contributed by atoms with E-state index in [2.05, 4.69) is 24.5 Å². The standard InChI is InChI=1S/C14H17N3O2S/c1-8(2)7-15-14(20)16-9-4-5-10-11(6-9)13(19)17(3)12(10)18/h4-6,8H,7H2,1-3H3,(H2,15,16,20). The maximum atomic E-state index is 11.9. The van der Waals surface area contributed by atoms with Crippen molar-refractivity contribution in [2.24, 2.45) is 5.92 Å². The minimum atomic E-state index is -0.283. The van der Waals surface area contributed by atoms with Crippen molar-refractivity contribution < 1.29 is 9.59 Å². The summed E-state index contributed by atoms with van der Waals surface area (Å²) in [5.41, 5.74) is 1.54. The largest absolute Gasteiger partial charge is 0.362 e. The van der Waals surface area contributed by atoms with E-state index in [4.69, 9.17) is 12.2 Å². The topological polar surface area (TPSA) is 61.4 Å². The lowest BCUT2D eigenvalue weighted by Crippen LogP contribution is -2.31. The average Bonchev–Trinajstić information content (AvgIpc) is 2.62. The van der Waals surface area contributed by atoms with Crippen LogP contribution in [-0.4, -0.2) is 35.4 Å². The summed E-state index contributed by atoms with van der Waals surface area (Å²) in [5.74, 6) is -0.0608. The van der Waals surface area contributed by atoms with E-state index in [1.807, 2.05) is 0 Å². The van der Waals surface area contributed by atoms with Gasteiger partial charge < -0.3 is 10.6 Å². The number of carbonyl (C=O) groups is 2. The summed E-state index contributed by atoms with van der Waals surface area (Å²) in [4.78, 5) is 24.8. The number of nitrogens with zero attached hydrogens (tertiary/aromatic N) is 1. The molecule has 0 radical (unpaired) electrons. The molecule has 0 saturated heterocycles. The van der Waals surface area contributed by atoms with Gasteiger partial charge in [0.25, 0.3) is 11.8 Å². The van der Waals surface area contributed by atoms with Crippen LogP contribution in [0.25, 0.3) is 0 Å². The van der Waals surface area contributed by atoms with Crippen LogP contribution in [-0.2, 0) is 0 Å². The number of imide groups is 1. The third-order valence-electron chi connectivity index (χ3n) is 3.02. The molecule has 20 heavy (non-hydrogen) atoms. The fourth-order valence-corrected chi connectivity index (χ4v) is 2.11. The summed E-state index contributed by atoms with van der Waals surface area (Å²) in [6.07, 6.45) is 0. The third kappa shape index (κ3) is 2.80. The number of fused-ring (bicyclic) bond motifs is 1. The number of hydrogen-bond acceptors (Lipinski definition) is 3. The van der Waals surface area contributed by atoms with Crippen LogP contribution in [0.4, 0.5) is 5.69 Å². The lowest BCUT2D eigenvalue weighted by atomic mass is 10.1. The number of carbonyl (C=O) groups excluding carboxylic acids is 2. The molecule has 0 bridgehead atoms. The van der Waals surface area contributed by atoms with Gasteiger partial charge in [-0.15, -0.1) is 0 Å². The fraction of sp³-hybridized carbons (Fsp3) is 0.357. The highest BCUT2D eigenvalue weighted by molar-refractivity contribution is 7.80. The van der Waals surface area contributed by atoms with Crippen LogP contribution < -0.4 is 10.6 Å². The smallest absolute Gasteiger partial charge is 0.261 e. The molecule has 0 aliphatic carbocycles. The van der Waals surface area contributed by atoms with Crippen LogP contribution in [0.5, 0.6) is 0 Å². The first-order valence-corrected chi connectivity index (χ1v) is 6.82. The SMILES string of the molecule is CC(C)CNC(=S)Nc1ccc2c(c1)C(=O)N(C)C2=O. The fourth-order valence-electron chi connectivity index (χ4n) is 1.91. The molecule has 6 heteroatoms. The maximum Gasteiger partial charge on any atom is 0.261 e. The number of rotatable bonds is 3. The van der Waals surface area contributed by atoms with Crippen molar-refractivity contribution in [2.75, 3.05) is 18.9 Å². The third-order valence-corrected chi connectivity index (χ3v) is 3.26. The predicted octanol–water partition coefficient (Wildman–Crippen LogP) is 1.85. The summed E-state index contributed by atoms with van der Waals surface area (Å²) < 4.78 is 0. The molecule has 0 fully saturated rings. The average molecular weight is 291 g/mol. The molecule has 1 aromatic carbocycles. The highest BCUT2D eigenvalue weighted by Crippen LogP contribution is 2.24. The van der Waals surface area contributed by atoms with Crippen molar-refractivity contribution in [1.82, 2.24) is 10.2 Å². The van der Waals surface area contributed by atoms with E-state index in [1.54, 1.807) is 18.2 Å². The quantitative estimate of drug-likeness (QED) is 0.657. The number of nitrogens with one attached hydrogen (secondary N) is 2. The Morgan fingerprint density at radius 3 is 2.55 bits per heavy atom. The monoisotopic (exact) mass is 291 g/mol. The van der Waals surface area contributed by atoms with E-state index in [1.165, 1.54) is 7.05 Å². The lowest BCUT2D eigenvalue weighted by molar-refractivity contribution is 0.0693. The van der Waals surface area contributed by atoms with Gasteiger partial charge in [-0.3, -0.25) is 14.5 Å². The molecule has 1 aromatic rings. The van der Waals surface area contributed by atoms with Crippen molar-refractivity contribution in [3.63, 3.8) is 0 Å². The summed E-state index contributed by atoms with van der Waals surface area (Å²) in [6.45, 7) is 4.95. The Hall–Kier alpha value is -1.95. The van der Waals surface area contributed by atoms with Crippen molar-refractivity contribution in [1.29, 1.82) is 0 Å². The van der Waals surface area contributed by atoms with Crippen LogP contribution in [0.1, 0.15) is 34.6 Å². The minimum Gasteiger partial charge on any atom is -0.362 e. The molecule has 0 spiro atoms. The van der Waals surface area contributed by atoms with Crippen molar-refractivity contribution in [2.45, 2.75) is 13.8 Å². The molecule has 1 aliphatic rings. The van der Waals surface area contributed by atoms with Crippen LogP contribution in [0.2, 0.25) is 0 Å². The van der Waals surface area contributed by atoms with E-state index >= 15 is 0 Å². The van der Waals surface area contributed by atoms with Gasteiger partial charge in [0.1, 0.15) is 0 Å². The van der Waals surface area contributed by atoms with E-state index in [-0.39, 0.29) is 11.8 Å². The number of thiocarbonyl (C=S) groups is 1. The summed E-state index contributed by atoms with van der Waals surface area (Å²) >= 11 is 5.17. The Morgan fingerprint density at radius 2 is 1.90 bits per heavy atom. The number of hydrogen-bond donors (Lipinski definition) is 2. The molecule has 5 nitrogen and oxygen atoms in total. The second-order valence-corrected chi connectivity index (χ2v) is 5.57. The maximum absolute atomic E-state index is 11.9. The van der Waals surface area contributed by atoms with Crippen molar-refractivity contribution in [3.05, 3.63) is 29.3 Å². The number of benzene rings is 1. The minimum absolute atomic E-state index is 0.267. The lowest BCUT2D eigenvalue weighted by Gasteiger charge is -2.12. The first-order chi connectivity index (χ1) is 9.40. The van der Waals surface area contributed by atoms with Crippen molar-refractivity contribution >= 4 is 34.8 Å². The predicted molar refractivity (Wildman–Crippen MR) is 81.9 cm³/mol. The first-order valence-electron chi connectivity index (χ1n) is 6.41. The highest BCUT2D eigenvalue weighted by atomic mass is 32.1. The van der Waals surface area contributed by atoms with Gasteiger partial charge in [0.2, 0.25) is 0 Å².